The first-order chi connectivity index (χ1) is 11.2. The number of nitrogens with zero attached hydrogens (tertiary/aromatic N) is 1. The Hall–Kier alpha value is -1.76. The number of amides is 2. The highest BCUT2D eigenvalue weighted by atomic mass is 19.4. The molecule has 0 saturated heterocycles. The highest BCUT2D eigenvalue weighted by molar-refractivity contribution is 5.89. The van der Waals surface area contributed by atoms with E-state index in [1.54, 1.807) is 13.1 Å². The van der Waals surface area contributed by atoms with Crippen molar-refractivity contribution < 1.29 is 23.1 Å². The van der Waals surface area contributed by atoms with Crippen LogP contribution in [0.5, 0.6) is 0 Å². The maximum absolute atomic E-state index is 12.4. The zero-order valence-electron chi connectivity index (χ0n) is 13.6. The van der Waals surface area contributed by atoms with E-state index in [1.807, 2.05) is 0 Å². The van der Waals surface area contributed by atoms with Crippen molar-refractivity contribution in [2.75, 3.05) is 18.9 Å². The number of aliphatic hydroxyl groups is 1. The van der Waals surface area contributed by atoms with Crippen LogP contribution >= 0.6 is 0 Å². The first kappa shape index (κ1) is 18.6. The van der Waals surface area contributed by atoms with E-state index >= 15 is 0 Å². The van der Waals surface area contributed by atoms with Crippen LogP contribution in [0, 0.1) is 5.92 Å². The molecule has 0 aliphatic heterocycles. The predicted molar refractivity (Wildman–Crippen MR) is 85.8 cm³/mol. The van der Waals surface area contributed by atoms with Crippen molar-refractivity contribution in [2.45, 2.75) is 44.4 Å². The quantitative estimate of drug-likeness (QED) is 0.873. The van der Waals surface area contributed by atoms with E-state index in [2.05, 4.69) is 5.32 Å². The number of alkyl halides is 3. The molecule has 2 unspecified atom stereocenters. The molecule has 134 valence electrons. The lowest BCUT2D eigenvalue weighted by atomic mass is 9.86. The van der Waals surface area contributed by atoms with Gasteiger partial charge in [-0.1, -0.05) is 25.0 Å². The van der Waals surface area contributed by atoms with E-state index in [4.69, 9.17) is 0 Å². The molecule has 2 amide bonds. The molecule has 0 spiro atoms. The zero-order valence-corrected chi connectivity index (χ0v) is 13.6. The molecule has 1 aliphatic carbocycles. The summed E-state index contributed by atoms with van der Waals surface area (Å²) in [6, 6.07) is 5.36. The number of urea groups is 1. The smallest absolute Gasteiger partial charge is 0.393 e. The van der Waals surface area contributed by atoms with Crippen molar-refractivity contribution in [3.8, 4) is 0 Å². The second-order valence-corrected chi connectivity index (χ2v) is 6.41. The Labute approximate surface area is 139 Å². The third-order valence-electron chi connectivity index (χ3n) is 4.31. The summed E-state index contributed by atoms with van der Waals surface area (Å²) in [7, 11) is 1.62. The van der Waals surface area contributed by atoms with Crippen LogP contribution < -0.4 is 5.32 Å². The molecular formula is C17H23F3N2O2. The number of halogens is 3. The molecule has 0 heterocycles. The van der Waals surface area contributed by atoms with E-state index in [9.17, 15) is 23.1 Å². The number of anilines is 1. The molecule has 1 aromatic rings. The lowest BCUT2D eigenvalue weighted by molar-refractivity contribution is -0.127. The summed E-state index contributed by atoms with van der Waals surface area (Å²) in [5.41, 5.74) is 0.434. The van der Waals surface area contributed by atoms with Crippen LogP contribution in [0.4, 0.5) is 23.7 Å². The molecule has 1 aromatic carbocycles. The molecule has 1 saturated carbocycles. The van der Waals surface area contributed by atoms with Gasteiger partial charge in [0.15, 0.2) is 0 Å². The van der Waals surface area contributed by atoms with Crippen LogP contribution in [0.2, 0.25) is 0 Å². The number of benzene rings is 1. The average molecular weight is 344 g/mol. The average Bonchev–Trinajstić information content (AvgIpc) is 2.48. The fourth-order valence-electron chi connectivity index (χ4n) is 3.05. The second kappa shape index (κ2) is 7.88. The first-order valence-electron chi connectivity index (χ1n) is 8.10. The monoisotopic (exact) mass is 344 g/mol. The maximum atomic E-state index is 12.4. The van der Waals surface area contributed by atoms with Crippen molar-refractivity contribution in [3.63, 3.8) is 0 Å². The van der Waals surface area contributed by atoms with E-state index in [0.29, 0.717) is 12.2 Å². The Morgan fingerprint density at radius 1 is 1.33 bits per heavy atom. The fraction of sp³-hybridized carbons (Fsp3) is 0.588. The lowest BCUT2D eigenvalue weighted by Crippen LogP contribution is -2.40. The summed E-state index contributed by atoms with van der Waals surface area (Å²) in [5.74, 6) is 0.0473. The minimum Gasteiger partial charge on any atom is -0.393 e. The van der Waals surface area contributed by atoms with Crippen LogP contribution in [0.15, 0.2) is 24.3 Å². The van der Waals surface area contributed by atoms with Gasteiger partial charge in [-0.15, -0.1) is 0 Å². The summed E-state index contributed by atoms with van der Waals surface area (Å²) in [6.45, 7) is 0.426. The van der Waals surface area contributed by atoms with Crippen molar-refractivity contribution in [1.82, 2.24) is 4.90 Å². The van der Waals surface area contributed by atoms with Gasteiger partial charge in [0.2, 0.25) is 0 Å². The van der Waals surface area contributed by atoms with Gasteiger partial charge in [0.1, 0.15) is 0 Å². The number of carbonyl (C=O) groups excluding carboxylic acids is 1. The number of nitrogens with one attached hydrogen (secondary N) is 1. The molecule has 1 aliphatic rings. The minimum atomic E-state index is -4.28. The van der Waals surface area contributed by atoms with Crippen molar-refractivity contribution >= 4 is 11.7 Å². The molecule has 0 radical (unpaired) electrons. The normalized spacial score (nSPS) is 21.4. The van der Waals surface area contributed by atoms with E-state index in [0.717, 1.165) is 25.7 Å². The van der Waals surface area contributed by atoms with Gasteiger partial charge in [0.25, 0.3) is 0 Å². The molecule has 24 heavy (non-hydrogen) atoms. The number of rotatable bonds is 4. The number of hydrogen-bond donors (Lipinski definition) is 2. The van der Waals surface area contributed by atoms with Crippen LogP contribution in [0.1, 0.15) is 31.2 Å². The van der Waals surface area contributed by atoms with Gasteiger partial charge >= 0.3 is 12.2 Å². The number of aliphatic hydroxyl groups excluding tert-OH is 1. The highest BCUT2D eigenvalue weighted by Gasteiger charge is 2.28. The van der Waals surface area contributed by atoms with Gasteiger partial charge in [0, 0.05) is 25.2 Å². The summed E-state index contributed by atoms with van der Waals surface area (Å²) < 4.78 is 37.3. The molecule has 0 bridgehead atoms. The van der Waals surface area contributed by atoms with Crippen LogP contribution in [0.3, 0.4) is 0 Å². The third kappa shape index (κ3) is 5.70. The number of carbonyl (C=O) groups is 1. The zero-order chi connectivity index (χ0) is 17.7. The van der Waals surface area contributed by atoms with Gasteiger partial charge in [0.05, 0.1) is 12.5 Å². The molecule has 7 heteroatoms. The van der Waals surface area contributed by atoms with Gasteiger partial charge in [-0.2, -0.15) is 13.2 Å². The van der Waals surface area contributed by atoms with Gasteiger partial charge in [-0.3, -0.25) is 0 Å². The van der Waals surface area contributed by atoms with E-state index in [1.165, 1.54) is 23.1 Å². The summed E-state index contributed by atoms with van der Waals surface area (Å²) in [6.07, 6.45) is -2.04. The van der Waals surface area contributed by atoms with Gasteiger partial charge < -0.3 is 15.3 Å². The van der Waals surface area contributed by atoms with Gasteiger partial charge in [-0.05, 0) is 30.5 Å². The predicted octanol–water partition coefficient (Wildman–Crippen LogP) is 3.81. The summed E-state index contributed by atoms with van der Waals surface area (Å²) >= 11 is 0. The Bertz CT molecular complexity index is 563. The molecule has 2 N–H and O–H groups in total. The Balaban J connectivity index is 1.92. The molecular weight excluding hydrogens is 321 g/mol. The third-order valence-corrected chi connectivity index (χ3v) is 4.31. The first-order valence-corrected chi connectivity index (χ1v) is 8.10. The Morgan fingerprint density at radius 3 is 2.71 bits per heavy atom. The van der Waals surface area contributed by atoms with E-state index < -0.39 is 24.7 Å². The largest absolute Gasteiger partial charge is 0.393 e. The van der Waals surface area contributed by atoms with Gasteiger partial charge in [-0.25, -0.2) is 4.79 Å². The molecule has 1 fully saturated rings. The molecule has 0 aromatic heterocycles. The van der Waals surface area contributed by atoms with Crippen LogP contribution in [0.25, 0.3) is 0 Å². The fourth-order valence-corrected chi connectivity index (χ4v) is 3.05. The van der Waals surface area contributed by atoms with E-state index in [-0.39, 0.29) is 11.5 Å². The highest BCUT2D eigenvalue weighted by Crippen LogP contribution is 2.25. The van der Waals surface area contributed by atoms with Crippen LogP contribution in [-0.4, -0.2) is 41.9 Å². The summed E-state index contributed by atoms with van der Waals surface area (Å²) in [5, 5.41) is 12.6. The van der Waals surface area contributed by atoms with Crippen LogP contribution in [-0.2, 0) is 6.42 Å². The minimum absolute atomic E-state index is 0.0473. The number of hydrogen-bond acceptors (Lipinski definition) is 2. The SMILES string of the molecule is CN(CC1CCCCC1O)C(=O)Nc1cccc(CC(F)(F)F)c1. The lowest BCUT2D eigenvalue weighted by Gasteiger charge is -2.31. The Kier molecular flexibility index (Phi) is 6.10. The second-order valence-electron chi connectivity index (χ2n) is 6.41. The van der Waals surface area contributed by atoms with Crippen molar-refractivity contribution in [1.29, 1.82) is 0 Å². The molecule has 2 atom stereocenters. The standard InChI is InChI=1S/C17H23F3N2O2/c1-22(11-13-6-2-3-8-15(13)23)16(24)21-14-7-4-5-12(9-14)10-17(18,19)20/h4-5,7,9,13,15,23H,2-3,6,8,10-11H2,1H3,(H,21,24). The van der Waals surface area contributed by atoms with Crippen molar-refractivity contribution in [2.24, 2.45) is 5.92 Å². The van der Waals surface area contributed by atoms with Crippen molar-refractivity contribution in [3.05, 3.63) is 29.8 Å². The summed E-state index contributed by atoms with van der Waals surface area (Å²) in [4.78, 5) is 13.7. The topological polar surface area (TPSA) is 52.6 Å². The molecule has 2 rings (SSSR count). The maximum Gasteiger partial charge on any atom is 0.393 e. The Morgan fingerprint density at radius 2 is 2.04 bits per heavy atom. The molecule has 4 nitrogen and oxygen atoms in total.